The Balaban J connectivity index is 1.62. The van der Waals surface area contributed by atoms with Crippen LogP contribution < -0.4 is 20.9 Å². The number of hydrogen-bond acceptors (Lipinski definition) is 4. The van der Waals surface area contributed by atoms with Crippen molar-refractivity contribution in [1.82, 2.24) is 0 Å². The Morgan fingerprint density at radius 1 is 0.543 bits per heavy atom. The second-order valence-corrected chi connectivity index (χ2v) is 8.91. The van der Waals surface area contributed by atoms with Crippen LogP contribution in [0.3, 0.4) is 0 Å². The fourth-order valence-electron chi connectivity index (χ4n) is 4.81. The zero-order valence-corrected chi connectivity index (χ0v) is 20.5. The molecule has 0 aliphatic rings. The number of para-hydroxylation sites is 4. The molecule has 4 aromatic carbocycles. The summed E-state index contributed by atoms with van der Waals surface area (Å²) in [6, 6.07) is 32.0. The van der Waals surface area contributed by atoms with Gasteiger partial charge in [-0.2, -0.15) is 0 Å². The first-order chi connectivity index (χ1) is 17.1. The lowest BCUT2D eigenvalue weighted by Gasteiger charge is -2.35. The molecule has 0 radical (unpaired) electrons. The van der Waals surface area contributed by atoms with Crippen LogP contribution in [0.2, 0.25) is 0 Å². The van der Waals surface area contributed by atoms with Gasteiger partial charge in [-0.1, -0.05) is 75.2 Å². The maximum atomic E-state index is 6.05. The quantitative estimate of drug-likeness (QED) is 0.230. The Kier molecular flexibility index (Phi) is 7.61. The zero-order valence-electron chi connectivity index (χ0n) is 20.5. The largest absolute Gasteiger partial charge is 0.455 e. The Morgan fingerprint density at radius 3 is 1.26 bits per heavy atom. The van der Waals surface area contributed by atoms with Crippen LogP contribution >= 0.6 is 0 Å². The summed E-state index contributed by atoms with van der Waals surface area (Å²) in [5, 5.41) is 0. The Labute approximate surface area is 208 Å². The van der Waals surface area contributed by atoms with Crippen LogP contribution in [0.5, 0.6) is 23.0 Å². The number of nitrogen functional groups attached to an aromatic ring is 2. The number of benzene rings is 4. The summed E-state index contributed by atoms with van der Waals surface area (Å²) in [4.78, 5) is 0. The minimum atomic E-state index is -0.0852. The third-order valence-corrected chi connectivity index (χ3v) is 6.46. The van der Waals surface area contributed by atoms with E-state index in [9.17, 15) is 0 Å². The second kappa shape index (κ2) is 11.0. The minimum absolute atomic E-state index is 0.0852. The van der Waals surface area contributed by atoms with Crippen molar-refractivity contribution in [1.29, 1.82) is 0 Å². The summed E-state index contributed by atoms with van der Waals surface area (Å²) < 4.78 is 12.1. The van der Waals surface area contributed by atoms with E-state index in [1.807, 2.05) is 72.8 Å². The Hall–Kier alpha value is -3.92. The highest BCUT2D eigenvalue weighted by Crippen LogP contribution is 2.42. The van der Waals surface area contributed by atoms with E-state index in [4.69, 9.17) is 20.9 Å². The fraction of sp³-hybridized carbons (Fsp3) is 0.226. The number of rotatable bonds is 10. The summed E-state index contributed by atoms with van der Waals surface area (Å²) >= 11 is 0. The first kappa shape index (κ1) is 24.2. The average Bonchev–Trinajstić information content (AvgIpc) is 2.87. The maximum Gasteiger partial charge on any atom is 0.150 e. The number of nitrogens with two attached hydrogens (primary N) is 2. The van der Waals surface area contributed by atoms with Crippen molar-refractivity contribution in [3.8, 4) is 23.0 Å². The predicted molar refractivity (Wildman–Crippen MR) is 145 cm³/mol. The fourth-order valence-corrected chi connectivity index (χ4v) is 4.81. The molecule has 4 rings (SSSR count). The van der Waals surface area contributed by atoms with E-state index in [1.54, 1.807) is 0 Å². The zero-order chi connectivity index (χ0) is 24.7. The monoisotopic (exact) mass is 466 g/mol. The van der Waals surface area contributed by atoms with Crippen molar-refractivity contribution < 1.29 is 9.47 Å². The SMILES string of the molecule is CCCC(CCC)(c1ccc(Oc2ccccc2N)cc1)c1ccc(Oc2ccccc2N)cc1. The van der Waals surface area contributed by atoms with Crippen LogP contribution in [-0.2, 0) is 5.41 Å². The van der Waals surface area contributed by atoms with Gasteiger partial charge in [-0.15, -0.1) is 0 Å². The molecular weight excluding hydrogens is 432 g/mol. The second-order valence-electron chi connectivity index (χ2n) is 8.91. The molecule has 4 N–H and O–H groups in total. The molecule has 4 heteroatoms. The predicted octanol–water partition coefficient (Wildman–Crippen LogP) is 8.32. The van der Waals surface area contributed by atoms with Gasteiger partial charge in [0.05, 0.1) is 11.4 Å². The number of ether oxygens (including phenoxy) is 2. The van der Waals surface area contributed by atoms with Crippen molar-refractivity contribution in [2.45, 2.75) is 44.9 Å². The smallest absolute Gasteiger partial charge is 0.150 e. The van der Waals surface area contributed by atoms with Gasteiger partial charge in [0.1, 0.15) is 23.0 Å². The number of hydrogen-bond donors (Lipinski definition) is 2. The lowest BCUT2D eigenvalue weighted by molar-refractivity contribution is 0.423. The van der Waals surface area contributed by atoms with Crippen LogP contribution in [0.1, 0.15) is 50.7 Å². The highest BCUT2D eigenvalue weighted by molar-refractivity contribution is 5.55. The molecule has 180 valence electrons. The lowest BCUT2D eigenvalue weighted by Crippen LogP contribution is -2.27. The molecule has 0 saturated carbocycles. The maximum absolute atomic E-state index is 6.05. The van der Waals surface area contributed by atoms with Crippen LogP contribution in [0.25, 0.3) is 0 Å². The topological polar surface area (TPSA) is 70.5 Å². The van der Waals surface area contributed by atoms with Crippen molar-refractivity contribution in [3.63, 3.8) is 0 Å². The third kappa shape index (κ3) is 5.43. The van der Waals surface area contributed by atoms with E-state index in [1.165, 1.54) is 11.1 Å². The summed E-state index contributed by atoms with van der Waals surface area (Å²) in [6.45, 7) is 4.49. The van der Waals surface area contributed by atoms with Crippen LogP contribution in [0, 0.1) is 0 Å². The lowest BCUT2D eigenvalue weighted by atomic mass is 9.68. The molecule has 0 spiro atoms. The Morgan fingerprint density at radius 2 is 0.914 bits per heavy atom. The molecule has 0 bridgehead atoms. The molecule has 35 heavy (non-hydrogen) atoms. The molecule has 4 aromatic rings. The van der Waals surface area contributed by atoms with Crippen LogP contribution in [0.15, 0.2) is 97.1 Å². The molecule has 4 nitrogen and oxygen atoms in total. The van der Waals surface area contributed by atoms with Crippen molar-refractivity contribution in [2.24, 2.45) is 0 Å². The van der Waals surface area contributed by atoms with Crippen molar-refractivity contribution in [3.05, 3.63) is 108 Å². The summed E-state index contributed by atoms with van der Waals surface area (Å²) in [5.74, 6) is 2.89. The minimum Gasteiger partial charge on any atom is -0.455 e. The Bertz CT molecular complexity index is 1130. The molecule has 0 unspecified atom stereocenters. The highest BCUT2D eigenvalue weighted by atomic mass is 16.5. The summed E-state index contributed by atoms with van der Waals surface area (Å²) in [6.07, 6.45) is 4.27. The van der Waals surface area contributed by atoms with E-state index >= 15 is 0 Å². The number of anilines is 2. The highest BCUT2D eigenvalue weighted by Gasteiger charge is 2.32. The van der Waals surface area contributed by atoms with Gasteiger partial charge < -0.3 is 20.9 Å². The molecule has 0 aromatic heterocycles. The van der Waals surface area contributed by atoms with Gasteiger partial charge in [0.25, 0.3) is 0 Å². The first-order valence-corrected chi connectivity index (χ1v) is 12.3. The standard InChI is InChI=1S/C31H34N2O2/c1-3-21-31(22-4-2,23-13-17-25(18-14-23)34-29-11-7-5-9-27(29)32)24-15-19-26(20-16-24)35-30-12-8-6-10-28(30)33/h5-20H,3-4,21-22,32-33H2,1-2H3. The summed E-state index contributed by atoms with van der Waals surface area (Å²) in [7, 11) is 0. The van der Waals surface area contributed by atoms with E-state index < -0.39 is 0 Å². The molecule has 0 amide bonds. The van der Waals surface area contributed by atoms with Gasteiger partial charge in [-0.3, -0.25) is 0 Å². The van der Waals surface area contributed by atoms with E-state index in [0.717, 1.165) is 37.2 Å². The van der Waals surface area contributed by atoms with Crippen LogP contribution in [-0.4, -0.2) is 0 Å². The molecule has 0 saturated heterocycles. The van der Waals surface area contributed by atoms with Gasteiger partial charge >= 0.3 is 0 Å². The molecule has 0 heterocycles. The normalized spacial score (nSPS) is 11.3. The van der Waals surface area contributed by atoms with Gasteiger partial charge in [-0.05, 0) is 72.5 Å². The van der Waals surface area contributed by atoms with E-state index in [0.29, 0.717) is 22.9 Å². The van der Waals surface area contributed by atoms with E-state index in [-0.39, 0.29) is 5.41 Å². The molecule has 0 atom stereocenters. The molecule has 0 aliphatic carbocycles. The van der Waals surface area contributed by atoms with Crippen molar-refractivity contribution >= 4 is 11.4 Å². The van der Waals surface area contributed by atoms with Crippen LogP contribution in [0.4, 0.5) is 11.4 Å². The first-order valence-electron chi connectivity index (χ1n) is 12.3. The average molecular weight is 467 g/mol. The van der Waals surface area contributed by atoms with E-state index in [2.05, 4.69) is 38.1 Å². The summed E-state index contributed by atoms with van der Waals surface area (Å²) in [5.41, 5.74) is 15.8. The molecular formula is C31H34N2O2. The molecule has 0 aliphatic heterocycles. The van der Waals surface area contributed by atoms with Crippen molar-refractivity contribution in [2.75, 3.05) is 11.5 Å². The van der Waals surface area contributed by atoms with Gasteiger partial charge in [-0.25, -0.2) is 0 Å². The van der Waals surface area contributed by atoms with Gasteiger partial charge in [0.15, 0.2) is 0 Å². The van der Waals surface area contributed by atoms with Gasteiger partial charge in [0, 0.05) is 5.41 Å². The van der Waals surface area contributed by atoms with Gasteiger partial charge in [0.2, 0.25) is 0 Å². The third-order valence-electron chi connectivity index (χ3n) is 6.46. The molecule has 0 fully saturated rings.